The topological polar surface area (TPSA) is 56.7 Å². The number of hydrogen-bond acceptors (Lipinski definition) is 3. The quantitative estimate of drug-likeness (QED) is 0.902. The van der Waals surface area contributed by atoms with E-state index in [2.05, 4.69) is 26.0 Å². The lowest BCUT2D eigenvalue weighted by Crippen LogP contribution is -2.07. The summed E-state index contributed by atoms with van der Waals surface area (Å²) >= 11 is 3.42. The van der Waals surface area contributed by atoms with Crippen molar-refractivity contribution in [2.75, 3.05) is 0 Å². The molecule has 15 heavy (non-hydrogen) atoms. The number of aryl methyl sites for hydroxylation is 1. The van der Waals surface area contributed by atoms with Crippen molar-refractivity contribution in [1.82, 2.24) is 14.8 Å². The summed E-state index contributed by atoms with van der Waals surface area (Å²) in [7, 11) is 0. The van der Waals surface area contributed by atoms with Gasteiger partial charge < -0.3 is 5.73 Å². The number of rotatable bonds is 2. The second-order valence-electron chi connectivity index (χ2n) is 3.17. The van der Waals surface area contributed by atoms with E-state index in [0.717, 1.165) is 21.8 Å². The van der Waals surface area contributed by atoms with Crippen LogP contribution in [0.4, 0.5) is 0 Å². The van der Waals surface area contributed by atoms with Crippen LogP contribution in [-0.4, -0.2) is 14.8 Å². The van der Waals surface area contributed by atoms with Gasteiger partial charge in [-0.3, -0.25) is 0 Å². The van der Waals surface area contributed by atoms with Crippen LogP contribution in [0.3, 0.4) is 0 Å². The van der Waals surface area contributed by atoms with Gasteiger partial charge in [-0.05, 0) is 25.1 Å². The summed E-state index contributed by atoms with van der Waals surface area (Å²) in [5.74, 6) is 1.50. The molecule has 1 aromatic heterocycles. The Morgan fingerprint density at radius 2 is 2.27 bits per heavy atom. The molecule has 78 valence electrons. The summed E-state index contributed by atoms with van der Waals surface area (Å²) in [6.07, 6.45) is 0. The second kappa shape index (κ2) is 4.12. The van der Waals surface area contributed by atoms with Crippen molar-refractivity contribution in [2.45, 2.75) is 13.5 Å². The minimum atomic E-state index is 0.382. The summed E-state index contributed by atoms with van der Waals surface area (Å²) < 4.78 is 2.77. The molecule has 0 aliphatic rings. The molecular formula is C10H11BrN4. The highest BCUT2D eigenvalue weighted by Crippen LogP contribution is 2.15. The van der Waals surface area contributed by atoms with E-state index in [0.29, 0.717) is 6.54 Å². The molecule has 2 rings (SSSR count). The Kier molecular flexibility index (Phi) is 2.83. The predicted molar refractivity (Wildman–Crippen MR) is 61.7 cm³/mol. The van der Waals surface area contributed by atoms with E-state index >= 15 is 0 Å². The maximum Gasteiger partial charge on any atom is 0.148 e. The van der Waals surface area contributed by atoms with Gasteiger partial charge >= 0.3 is 0 Å². The third kappa shape index (κ3) is 2.08. The third-order valence-corrected chi connectivity index (χ3v) is 2.51. The van der Waals surface area contributed by atoms with Gasteiger partial charge in [-0.1, -0.05) is 22.0 Å². The number of aromatic nitrogens is 3. The molecule has 0 radical (unpaired) electrons. The van der Waals surface area contributed by atoms with Gasteiger partial charge in [0.1, 0.15) is 11.6 Å². The Bertz CT molecular complexity index is 478. The van der Waals surface area contributed by atoms with Crippen molar-refractivity contribution in [3.63, 3.8) is 0 Å². The minimum absolute atomic E-state index is 0.382. The zero-order valence-electron chi connectivity index (χ0n) is 8.31. The Morgan fingerprint density at radius 3 is 2.93 bits per heavy atom. The zero-order valence-corrected chi connectivity index (χ0v) is 9.90. The van der Waals surface area contributed by atoms with E-state index in [9.17, 15) is 0 Å². The lowest BCUT2D eigenvalue weighted by molar-refractivity contribution is 0.786. The average Bonchev–Trinajstić information content (AvgIpc) is 2.59. The molecule has 0 aliphatic heterocycles. The number of halogens is 1. The molecule has 0 bridgehead atoms. The zero-order chi connectivity index (χ0) is 10.8. The molecule has 5 heteroatoms. The Balaban J connectivity index is 2.53. The van der Waals surface area contributed by atoms with E-state index in [4.69, 9.17) is 5.73 Å². The molecule has 2 aromatic rings. The summed E-state index contributed by atoms with van der Waals surface area (Å²) in [5.41, 5.74) is 6.57. The predicted octanol–water partition coefficient (Wildman–Crippen LogP) is 1.80. The van der Waals surface area contributed by atoms with E-state index < -0.39 is 0 Å². The molecule has 0 aliphatic carbocycles. The number of nitrogens with zero attached hydrogens (tertiary/aromatic N) is 3. The minimum Gasteiger partial charge on any atom is -0.324 e. The van der Waals surface area contributed by atoms with Crippen LogP contribution in [0.5, 0.6) is 0 Å². The summed E-state index contributed by atoms with van der Waals surface area (Å²) in [6, 6.07) is 7.87. The largest absolute Gasteiger partial charge is 0.324 e. The molecule has 0 fully saturated rings. The van der Waals surface area contributed by atoms with Crippen molar-refractivity contribution < 1.29 is 0 Å². The SMILES string of the molecule is Cc1nc(CN)n(-c2cccc(Br)c2)n1. The van der Waals surface area contributed by atoms with Crippen molar-refractivity contribution in [1.29, 1.82) is 0 Å². The van der Waals surface area contributed by atoms with Crippen LogP contribution < -0.4 is 5.73 Å². The van der Waals surface area contributed by atoms with E-state index in [1.165, 1.54) is 0 Å². The Morgan fingerprint density at radius 1 is 1.47 bits per heavy atom. The number of nitrogens with two attached hydrogens (primary N) is 1. The van der Waals surface area contributed by atoms with Crippen LogP contribution in [0.1, 0.15) is 11.6 Å². The maximum atomic E-state index is 5.60. The molecule has 4 nitrogen and oxygen atoms in total. The van der Waals surface area contributed by atoms with Crippen molar-refractivity contribution in [2.24, 2.45) is 5.73 Å². The molecular weight excluding hydrogens is 256 g/mol. The first-order valence-electron chi connectivity index (χ1n) is 4.59. The van der Waals surface area contributed by atoms with E-state index in [-0.39, 0.29) is 0 Å². The van der Waals surface area contributed by atoms with Gasteiger partial charge in [0.05, 0.1) is 12.2 Å². The maximum absolute atomic E-state index is 5.60. The molecule has 0 saturated carbocycles. The highest BCUT2D eigenvalue weighted by atomic mass is 79.9. The highest BCUT2D eigenvalue weighted by molar-refractivity contribution is 9.10. The van der Waals surface area contributed by atoms with Crippen LogP contribution in [0.2, 0.25) is 0 Å². The number of benzene rings is 1. The normalized spacial score (nSPS) is 10.6. The van der Waals surface area contributed by atoms with Crippen LogP contribution >= 0.6 is 15.9 Å². The lowest BCUT2D eigenvalue weighted by atomic mass is 10.3. The van der Waals surface area contributed by atoms with Gasteiger partial charge in [0, 0.05) is 4.47 Å². The fourth-order valence-electron chi connectivity index (χ4n) is 1.41. The van der Waals surface area contributed by atoms with Crippen LogP contribution in [0.25, 0.3) is 5.69 Å². The second-order valence-corrected chi connectivity index (χ2v) is 4.09. The summed E-state index contributed by atoms with van der Waals surface area (Å²) in [6.45, 7) is 2.24. The van der Waals surface area contributed by atoms with E-state index in [1.807, 2.05) is 31.2 Å². The molecule has 0 amide bonds. The monoisotopic (exact) mass is 266 g/mol. The molecule has 1 aromatic carbocycles. The van der Waals surface area contributed by atoms with Crippen molar-refractivity contribution in [3.05, 3.63) is 40.4 Å². The van der Waals surface area contributed by atoms with Crippen molar-refractivity contribution in [3.8, 4) is 5.69 Å². The van der Waals surface area contributed by atoms with Gasteiger partial charge in [-0.2, -0.15) is 5.10 Å². The van der Waals surface area contributed by atoms with Gasteiger partial charge in [0.15, 0.2) is 0 Å². The Hall–Kier alpha value is -1.20. The lowest BCUT2D eigenvalue weighted by Gasteiger charge is -2.04. The number of hydrogen-bond donors (Lipinski definition) is 1. The molecule has 2 N–H and O–H groups in total. The first-order chi connectivity index (χ1) is 7.20. The van der Waals surface area contributed by atoms with Gasteiger partial charge in [-0.15, -0.1) is 0 Å². The third-order valence-electron chi connectivity index (χ3n) is 2.02. The fourth-order valence-corrected chi connectivity index (χ4v) is 1.79. The standard InChI is InChI=1S/C10H11BrN4/c1-7-13-10(6-12)15(14-7)9-4-2-3-8(11)5-9/h2-5H,6,12H2,1H3. The first-order valence-corrected chi connectivity index (χ1v) is 5.38. The Labute approximate surface area is 96.3 Å². The molecule has 0 unspecified atom stereocenters. The average molecular weight is 267 g/mol. The smallest absolute Gasteiger partial charge is 0.148 e. The van der Waals surface area contributed by atoms with Gasteiger partial charge in [0.25, 0.3) is 0 Å². The molecule has 0 atom stereocenters. The molecule has 0 saturated heterocycles. The summed E-state index contributed by atoms with van der Waals surface area (Å²) in [4.78, 5) is 4.25. The molecule has 0 spiro atoms. The molecule has 1 heterocycles. The van der Waals surface area contributed by atoms with Crippen molar-refractivity contribution >= 4 is 15.9 Å². The van der Waals surface area contributed by atoms with E-state index in [1.54, 1.807) is 4.68 Å². The summed E-state index contributed by atoms with van der Waals surface area (Å²) in [5, 5.41) is 4.30. The highest BCUT2D eigenvalue weighted by Gasteiger charge is 2.07. The fraction of sp³-hybridized carbons (Fsp3) is 0.200. The van der Waals surface area contributed by atoms with Gasteiger partial charge in [-0.25, -0.2) is 9.67 Å². The van der Waals surface area contributed by atoms with Crippen LogP contribution in [0.15, 0.2) is 28.7 Å². The van der Waals surface area contributed by atoms with Gasteiger partial charge in [0.2, 0.25) is 0 Å². The first kappa shape index (κ1) is 10.3. The van der Waals surface area contributed by atoms with Crippen LogP contribution in [0, 0.1) is 6.92 Å². The van der Waals surface area contributed by atoms with Crippen LogP contribution in [-0.2, 0) is 6.54 Å².